The molecule has 0 heterocycles. The molecule has 0 bridgehead atoms. The van der Waals surface area contributed by atoms with Crippen LogP contribution in [0.4, 0.5) is 0 Å². The standard InChI is InChI=1S/C20H25NO5S/c1-15-4-10-18(11-5-15)27(24,25)13-12-20(23)21(2)14-19(22)16-6-8-17(26-3)9-7-16/h4-11,19,22H,12-14H2,1-3H3. The fraction of sp³-hybridized carbons (Fsp3) is 0.350. The maximum Gasteiger partial charge on any atom is 0.223 e. The highest BCUT2D eigenvalue weighted by molar-refractivity contribution is 7.91. The number of amides is 1. The van der Waals surface area contributed by atoms with E-state index in [1.54, 1.807) is 62.7 Å². The normalized spacial score (nSPS) is 12.4. The predicted molar refractivity (Wildman–Crippen MR) is 103 cm³/mol. The number of ether oxygens (including phenoxy) is 1. The summed E-state index contributed by atoms with van der Waals surface area (Å²) >= 11 is 0. The molecule has 0 saturated carbocycles. The number of aliphatic hydroxyl groups is 1. The Morgan fingerprint density at radius 1 is 1.11 bits per heavy atom. The lowest BCUT2D eigenvalue weighted by molar-refractivity contribution is -0.130. The van der Waals surface area contributed by atoms with Crippen LogP contribution in [0, 0.1) is 6.92 Å². The minimum Gasteiger partial charge on any atom is -0.497 e. The van der Waals surface area contributed by atoms with E-state index in [2.05, 4.69) is 0 Å². The van der Waals surface area contributed by atoms with E-state index in [-0.39, 0.29) is 29.5 Å². The third-order valence-electron chi connectivity index (χ3n) is 4.34. The molecule has 27 heavy (non-hydrogen) atoms. The molecule has 0 saturated heterocycles. The van der Waals surface area contributed by atoms with Crippen molar-refractivity contribution in [1.82, 2.24) is 4.90 Å². The molecule has 0 aliphatic carbocycles. The van der Waals surface area contributed by atoms with Gasteiger partial charge in [-0.25, -0.2) is 8.42 Å². The van der Waals surface area contributed by atoms with Gasteiger partial charge >= 0.3 is 0 Å². The van der Waals surface area contributed by atoms with E-state index in [0.717, 1.165) is 5.56 Å². The van der Waals surface area contributed by atoms with Gasteiger partial charge in [-0.15, -0.1) is 0 Å². The van der Waals surface area contributed by atoms with Crippen LogP contribution in [-0.4, -0.2) is 50.8 Å². The Morgan fingerprint density at radius 3 is 2.26 bits per heavy atom. The van der Waals surface area contributed by atoms with Crippen LogP contribution >= 0.6 is 0 Å². The highest BCUT2D eigenvalue weighted by atomic mass is 32.2. The Balaban J connectivity index is 1.91. The summed E-state index contributed by atoms with van der Waals surface area (Å²) in [6, 6.07) is 13.5. The molecule has 2 aromatic rings. The van der Waals surface area contributed by atoms with Crippen LogP contribution in [0.3, 0.4) is 0 Å². The van der Waals surface area contributed by atoms with Gasteiger partial charge in [0, 0.05) is 13.5 Å². The Labute approximate surface area is 160 Å². The zero-order valence-corrected chi connectivity index (χ0v) is 16.6. The first-order valence-corrected chi connectivity index (χ1v) is 10.2. The Hall–Kier alpha value is -2.38. The third kappa shape index (κ3) is 5.80. The van der Waals surface area contributed by atoms with Crippen LogP contribution in [0.1, 0.15) is 23.7 Å². The highest BCUT2D eigenvalue weighted by Crippen LogP contribution is 2.19. The van der Waals surface area contributed by atoms with Gasteiger partial charge in [-0.05, 0) is 36.8 Å². The van der Waals surface area contributed by atoms with Crippen LogP contribution in [-0.2, 0) is 14.6 Å². The van der Waals surface area contributed by atoms with Crippen LogP contribution in [0.25, 0.3) is 0 Å². The summed E-state index contributed by atoms with van der Waals surface area (Å²) in [5, 5.41) is 10.3. The maximum atomic E-state index is 12.3. The molecule has 0 spiro atoms. The maximum absolute atomic E-state index is 12.3. The molecule has 1 amide bonds. The first-order valence-electron chi connectivity index (χ1n) is 8.58. The largest absolute Gasteiger partial charge is 0.497 e. The average Bonchev–Trinajstić information content (AvgIpc) is 2.66. The number of benzene rings is 2. The highest BCUT2D eigenvalue weighted by Gasteiger charge is 2.20. The number of aryl methyl sites for hydroxylation is 1. The van der Waals surface area contributed by atoms with Gasteiger partial charge in [-0.2, -0.15) is 0 Å². The van der Waals surface area contributed by atoms with E-state index in [0.29, 0.717) is 11.3 Å². The predicted octanol–water partition coefficient (Wildman–Crippen LogP) is 2.36. The fourth-order valence-electron chi connectivity index (χ4n) is 2.57. The summed E-state index contributed by atoms with van der Waals surface area (Å²) in [7, 11) is -0.411. The first kappa shape index (κ1) is 20.9. The zero-order valence-electron chi connectivity index (χ0n) is 15.8. The molecule has 0 radical (unpaired) electrons. The summed E-state index contributed by atoms with van der Waals surface area (Å²) in [6.07, 6.45) is -0.999. The quantitative estimate of drug-likeness (QED) is 0.747. The lowest BCUT2D eigenvalue weighted by Crippen LogP contribution is -2.32. The number of carbonyl (C=O) groups is 1. The summed E-state index contributed by atoms with van der Waals surface area (Å²) in [5.74, 6) is 0.0765. The summed E-state index contributed by atoms with van der Waals surface area (Å²) in [5.41, 5.74) is 1.63. The van der Waals surface area contributed by atoms with Gasteiger partial charge in [0.15, 0.2) is 9.84 Å². The van der Waals surface area contributed by atoms with Crippen molar-refractivity contribution in [2.45, 2.75) is 24.3 Å². The van der Waals surface area contributed by atoms with E-state index in [9.17, 15) is 18.3 Å². The second-order valence-corrected chi connectivity index (χ2v) is 8.55. The smallest absolute Gasteiger partial charge is 0.223 e. The van der Waals surface area contributed by atoms with Crippen molar-refractivity contribution in [3.05, 3.63) is 59.7 Å². The SMILES string of the molecule is COc1ccc(C(O)CN(C)C(=O)CCS(=O)(=O)c2ccc(C)cc2)cc1. The molecule has 0 fully saturated rings. The van der Waals surface area contributed by atoms with Gasteiger partial charge in [0.25, 0.3) is 0 Å². The van der Waals surface area contributed by atoms with Crippen LogP contribution in [0.15, 0.2) is 53.4 Å². The van der Waals surface area contributed by atoms with Crippen molar-refractivity contribution >= 4 is 15.7 Å². The van der Waals surface area contributed by atoms with E-state index >= 15 is 0 Å². The van der Waals surface area contributed by atoms with Crippen molar-refractivity contribution in [3.8, 4) is 5.75 Å². The van der Waals surface area contributed by atoms with Gasteiger partial charge in [-0.3, -0.25) is 4.79 Å². The second kappa shape index (κ2) is 9.01. The number of aliphatic hydroxyl groups excluding tert-OH is 1. The minimum absolute atomic E-state index is 0.0791. The summed E-state index contributed by atoms with van der Waals surface area (Å²) in [6.45, 7) is 1.96. The third-order valence-corrected chi connectivity index (χ3v) is 6.07. The molecule has 1 N–H and O–H groups in total. The van der Waals surface area contributed by atoms with Crippen LogP contribution in [0.2, 0.25) is 0 Å². The Morgan fingerprint density at radius 2 is 1.70 bits per heavy atom. The fourth-order valence-corrected chi connectivity index (χ4v) is 3.80. The van der Waals surface area contributed by atoms with Gasteiger partial charge < -0.3 is 14.7 Å². The van der Waals surface area contributed by atoms with E-state index in [1.165, 1.54) is 4.90 Å². The molecule has 1 atom stereocenters. The number of rotatable bonds is 8. The van der Waals surface area contributed by atoms with Crippen molar-refractivity contribution in [2.75, 3.05) is 26.5 Å². The van der Waals surface area contributed by atoms with E-state index in [1.807, 2.05) is 6.92 Å². The molecule has 0 aromatic heterocycles. The topological polar surface area (TPSA) is 83.9 Å². The second-order valence-electron chi connectivity index (χ2n) is 6.45. The molecule has 2 aromatic carbocycles. The summed E-state index contributed by atoms with van der Waals surface area (Å²) in [4.78, 5) is 13.8. The van der Waals surface area contributed by atoms with Crippen molar-refractivity contribution < 1.29 is 23.1 Å². The zero-order chi connectivity index (χ0) is 20.0. The van der Waals surface area contributed by atoms with Crippen molar-refractivity contribution in [1.29, 1.82) is 0 Å². The van der Waals surface area contributed by atoms with Gasteiger partial charge in [0.2, 0.25) is 5.91 Å². The van der Waals surface area contributed by atoms with E-state index in [4.69, 9.17) is 4.74 Å². The van der Waals surface area contributed by atoms with Crippen LogP contribution < -0.4 is 4.74 Å². The number of methoxy groups -OCH3 is 1. The number of carbonyl (C=O) groups excluding carboxylic acids is 1. The molecule has 0 aliphatic rings. The van der Waals surface area contributed by atoms with Gasteiger partial charge in [0.05, 0.1) is 30.4 Å². The number of sulfone groups is 1. The molecular weight excluding hydrogens is 366 g/mol. The number of hydrogen-bond donors (Lipinski definition) is 1. The number of likely N-dealkylation sites (N-methyl/N-ethyl adjacent to an activating group) is 1. The number of nitrogens with zero attached hydrogens (tertiary/aromatic N) is 1. The van der Waals surface area contributed by atoms with Crippen molar-refractivity contribution in [2.24, 2.45) is 0 Å². The molecule has 1 unspecified atom stereocenters. The molecule has 146 valence electrons. The first-order chi connectivity index (χ1) is 12.7. The summed E-state index contributed by atoms with van der Waals surface area (Å²) < 4.78 is 29.8. The molecule has 6 nitrogen and oxygen atoms in total. The lowest BCUT2D eigenvalue weighted by Gasteiger charge is -2.21. The molecular formula is C20H25NO5S. The average molecular weight is 391 g/mol. The number of hydrogen-bond acceptors (Lipinski definition) is 5. The monoisotopic (exact) mass is 391 g/mol. The lowest BCUT2D eigenvalue weighted by atomic mass is 10.1. The molecule has 2 rings (SSSR count). The van der Waals surface area contributed by atoms with Gasteiger partial charge in [-0.1, -0.05) is 29.8 Å². The van der Waals surface area contributed by atoms with Crippen molar-refractivity contribution in [3.63, 3.8) is 0 Å². The Kier molecular flexibility index (Phi) is 6.98. The van der Waals surface area contributed by atoms with Gasteiger partial charge in [0.1, 0.15) is 5.75 Å². The van der Waals surface area contributed by atoms with Crippen LogP contribution in [0.5, 0.6) is 5.75 Å². The minimum atomic E-state index is -3.52. The Bertz CT molecular complexity index is 860. The molecule has 0 aliphatic heterocycles. The molecule has 7 heteroatoms. The van der Waals surface area contributed by atoms with E-state index < -0.39 is 15.9 Å².